The molecule has 3 aromatic carbocycles. The van der Waals surface area contributed by atoms with Crippen molar-refractivity contribution in [1.29, 1.82) is 5.26 Å². The molecule has 0 unspecified atom stereocenters. The Labute approximate surface area is 218 Å². The van der Waals surface area contributed by atoms with Crippen LogP contribution in [0.3, 0.4) is 0 Å². The smallest absolute Gasteiger partial charge is 0.266 e. The Morgan fingerprint density at radius 2 is 1.85 bits per heavy atom. The number of carbonyl (C=O) groups excluding carboxylic acids is 1. The molecule has 0 radical (unpaired) electrons. The Balaban J connectivity index is 1.76. The van der Waals surface area contributed by atoms with Gasteiger partial charge in [-0.2, -0.15) is 5.26 Å². The minimum absolute atomic E-state index is 0.0874. The number of ether oxygens (including phenoxy) is 2. The second-order valence-electron chi connectivity index (χ2n) is 6.69. The third kappa shape index (κ3) is 6.75. The van der Waals surface area contributed by atoms with E-state index in [-0.39, 0.29) is 5.57 Å². The van der Waals surface area contributed by atoms with E-state index in [1.54, 1.807) is 30.3 Å². The van der Waals surface area contributed by atoms with Gasteiger partial charge in [-0.3, -0.25) is 4.79 Å². The molecule has 168 valence electrons. The Morgan fingerprint density at radius 1 is 1.06 bits per heavy atom. The van der Waals surface area contributed by atoms with Crippen molar-refractivity contribution in [3.8, 4) is 17.6 Å². The summed E-state index contributed by atoms with van der Waals surface area (Å²) >= 11 is 18.8. The molecule has 1 amide bonds. The molecule has 0 aliphatic heterocycles. The van der Waals surface area contributed by atoms with Crippen molar-refractivity contribution in [1.82, 2.24) is 0 Å². The van der Waals surface area contributed by atoms with E-state index in [0.717, 1.165) is 14.5 Å². The van der Waals surface area contributed by atoms with Crippen LogP contribution < -0.4 is 14.8 Å². The second-order valence-corrected chi connectivity index (χ2v) is 9.27. The number of nitriles is 1. The minimum Gasteiger partial charge on any atom is -0.493 e. The van der Waals surface area contributed by atoms with Gasteiger partial charge in [0.05, 0.1) is 17.2 Å². The fourth-order valence-corrected chi connectivity index (χ4v) is 4.23. The van der Waals surface area contributed by atoms with Gasteiger partial charge in [-0.25, -0.2) is 0 Å². The Kier molecular flexibility index (Phi) is 8.81. The molecule has 33 heavy (non-hydrogen) atoms. The zero-order valence-electron chi connectivity index (χ0n) is 17.2. The molecule has 0 aliphatic rings. The molecule has 3 rings (SSSR count). The zero-order valence-corrected chi connectivity index (χ0v) is 21.8. The number of methoxy groups -OCH3 is 1. The molecule has 0 fully saturated rings. The van der Waals surface area contributed by atoms with E-state index >= 15 is 0 Å². The minimum atomic E-state index is -0.574. The van der Waals surface area contributed by atoms with Crippen molar-refractivity contribution < 1.29 is 14.3 Å². The van der Waals surface area contributed by atoms with Crippen LogP contribution in [0.4, 0.5) is 5.69 Å². The Hall–Kier alpha value is -2.50. The lowest BCUT2D eigenvalue weighted by Gasteiger charge is -2.12. The van der Waals surface area contributed by atoms with E-state index in [1.807, 2.05) is 24.3 Å². The van der Waals surface area contributed by atoms with Gasteiger partial charge in [0, 0.05) is 20.2 Å². The number of benzene rings is 3. The molecule has 3 aromatic rings. The Morgan fingerprint density at radius 3 is 2.52 bits per heavy atom. The number of hydrogen-bond donors (Lipinski definition) is 1. The highest BCUT2D eigenvalue weighted by Gasteiger charge is 2.12. The molecule has 0 bridgehead atoms. The summed E-state index contributed by atoms with van der Waals surface area (Å²) in [7, 11) is 1.52. The average Bonchev–Trinajstić information content (AvgIpc) is 2.79. The number of amides is 1. The van der Waals surface area contributed by atoms with Gasteiger partial charge in [0.15, 0.2) is 11.5 Å². The fraction of sp³-hybridized carbons (Fsp3) is 0.0833. The molecule has 0 spiro atoms. The van der Waals surface area contributed by atoms with Crippen LogP contribution in [0.1, 0.15) is 11.1 Å². The van der Waals surface area contributed by atoms with E-state index in [1.165, 1.54) is 19.3 Å². The van der Waals surface area contributed by atoms with Crippen molar-refractivity contribution in [2.75, 3.05) is 12.4 Å². The van der Waals surface area contributed by atoms with Gasteiger partial charge in [0.1, 0.15) is 18.2 Å². The summed E-state index contributed by atoms with van der Waals surface area (Å²) < 4.78 is 13.2. The first kappa shape index (κ1) is 25.1. The average molecular weight is 611 g/mol. The topological polar surface area (TPSA) is 71.3 Å². The predicted octanol–water partition coefficient (Wildman–Crippen LogP) is 7.65. The molecule has 5 nitrogen and oxygen atoms in total. The van der Waals surface area contributed by atoms with Gasteiger partial charge in [-0.1, -0.05) is 67.2 Å². The molecule has 0 heterocycles. The highest BCUT2D eigenvalue weighted by atomic mass is 79.9. The van der Waals surface area contributed by atoms with E-state index in [0.29, 0.717) is 39.4 Å². The molecule has 0 aliphatic carbocycles. The number of rotatable bonds is 7. The van der Waals surface area contributed by atoms with Crippen LogP contribution in [0, 0.1) is 11.3 Å². The van der Waals surface area contributed by atoms with Crippen molar-refractivity contribution >= 4 is 72.7 Å². The predicted molar refractivity (Wildman–Crippen MR) is 138 cm³/mol. The van der Waals surface area contributed by atoms with Crippen LogP contribution in [0.25, 0.3) is 6.08 Å². The zero-order chi connectivity index (χ0) is 24.0. The summed E-state index contributed by atoms with van der Waals surface area (Å²) in [5.74, 6) is 0.428. The number of nitrogens with one attached hydrogen (secondary N) is 1. The molecule has 0 saturated heterocycles. The first-order valence-electron chi connectivity index (χ1n) is 9.43. The van der Waals surface area contributed by atoms with Crippen LogP contribution in [-0.4, -0.2) is 13.0 Å². The lowest BCUT2D eigenvalue weighted by Crippen LogP contribution is -2.13. The van der Waals surface area contributed by atoms with Crippen LogP contribution in [0.2, 0.25) is 10.0 Å². The molecule has 0 saturated carbocycles. The van der Waals surface area contributed by atoms with Crippen molar-refractivity contribution in [3.63, 3.8) is 0 Å². The van der Waals surface area contributed by atoms with Gasteiger partial charge in [0.25, 0.3) is 5.91 Å². The fourth-order valence-electron chi connectivity index (χ4n) is 2.78. The lowest BCUT2D eigenvalue weighted by molar-refractivity contribution is -0.112. The van der Waals surface area contributed by atoms with Gasteiger partial charge in [0.2, 0.25) is 0 Å². The molecule has 9 heteroatoms. The molecule has 1 N–H and O–H groups in total. The van der Waals surface area contributed by atoms with Crippen molar-refractivity contribution in [2.24, 2.45) is 0 Å². The number of anilines is 1. The van der Waals surface area contributed by atoms with Crippen LogP contribution in [0.5, 0.6) is 11.5 Å². The maximum Gasteiger partial charge on any atom is 0.266 e. The molecule has 0 atom stereocenters. The third-order valence-corrected chi connectivity index (χ3v) is 6.41. The maximum atomic E-state index is 12.5. The highest BCUT2D eigenvalue weighted by molar-refractivity contribution is 9.11. The van der Waals surface area contributed by atoms with Crippen LogP contribution in [0.15, 0.2) is 69.1 Å². The number of carbonyl (C=O) groups is 1. The molecule has 0 aromatic heterocycles. The van der Waals surface area contributed by atoms with Crippen LogP contribution in [-0.2, 0) is 11.4 Å². The SMILES string of the molecule is COc1cc(/C=C(/C#N)C(=O)Nc2ccc(Cl)c(Cl)c2)ccc1OCc1ccc(Br)cc1Br. The monoisotopic (exact) mass is 608 g/mol. The summed E-state index contributed by atoms with van der Waals surface area (Å²) in [6.07, 6.45) is 1.46. The first-order valence-corrected chi connectivity index (χ1v) is 11.8. The number of halogens is 4. The molecular formula is C24H16Br2Cl2N2O3. The maximum absolute atomic E-state index is 12.5. The summed E-state index contributed by atoms with van der Waals surface area (Å²) in [4.78, 5) is 12.5. The summed E-state index contributed by atoms with van der Waals surface area (Å²) in [6, 6.07) is 17.6. The Bertz CT molecular complexity index is 1270. The highest BCUT2D eigenvalue weighted by Crippen LogP contribution is 2.31. The summed E-state index contributed by atoms with van der Waals surface area (Å²) in [5, 5.41) is 12.8. The van der Waals surface area contributed by atoms with E-state index < -0.39 is 5.91 Å². The van der Waals surface area contributed by atoms with Crippen LogP contribution >= 0.6 is 55.1 Å². The standard InChI is InChI=1S/C24H16Br2Cl2N2O3/c1-32-23-9-14(2-7-22(23)33-13-15-3-4-17(25)10-19(15)26)8-16(12-29)24(31)30-18-5-6-20(27)21(28)11-18/h2-11H,13H2,1H3,(H,30,31)/b16-8-. The van der Waals surface area contributed by atoms with Gasteiger partial charge in [-0.15, -0.1) is 0 Å². The van der Waals surface area contributed by atoms with E-state index in [9.17, 15) is 10.1 Å². The third-order valence-electron chi connectivity index (χ3n) is 4.44. The van der Waals surface area contributed by atoms with Crippen molar-refractivity contribution in [3.05, 3.63) is 90.3 Å². The summed E-state index contributed by atoms with van der Waals surface area (Å²) in [5.41, 5.74) is 1.91. The lowest BCUT2D eigenvalue weighted by atomic mass is 10.1. The molecular weight excluding hydrogens is 595 g/mol. The largest absolute Gasteiger partial charge is 0.493 e. The van der Waals surface area contributed by atoms with Gasteiger partial charge >= 0.3 is 0 Å². The first-order chi connectivity index (χ1) is 15.8. The summed E-state index contributed by atoms with van der Waals surface area (Å²) in [6.45, 7) is 0.328. The normalized spacial score (nSPS) is 11.0. The second kappa shape index (κ2) is 11.6. The van der Waals surface area contributed by atoms with E-state index in [4.69, 9.17) is 32.7 Å². The van der Waals surface area contributed by atoms with Crippen molar-refractivity contribution in [2.45, 2.75) is 6.61 Å². The van der Waals surface area contributed by atoms with Gasteiger partial charge in [-0.05, 0) is 54.1 Å². The number of hydrogen-bond acceptors (Lipinski definition) is 4. The quantitative estimate of drug-likeness (QED) is 0.220. The van der Waals surface area contributed by atoms with Gasteiger partial charge < -0.3 is 14.8 Å². The number of nitrogens with zero attached hydrogens (tertiary/aromatic N) is 1. The van der Waals surface area contributed by atoms with E-state index in [2.05, 4.69) is 37.2 Å².